The fraction of sp³-hybridized carbons (Fsp3) is 0.0625. The maximum Gasteiger partial charge on any atom is 0.270 e. The number of nitrogens with one attached hydrogen (secondary N) is 1. The summed E-state index contributed by atoms with van der Waals surface area (Å²) in [5, 5.41) is 23.5. The maximum atomic E-state index is 12.0. The average molecular weight is 308 g/mol. The fourth-order valence-electron chi connectivity index (χ4n) is 1.88. The normalized spacial score (nSPS) is 11.6. The van der Waals surface area contributed by atoms with Crippen LogP contribution in [-0.4, -0.2) is 17.0 Å². The minimum Gasteiger partial charge on any atom is -0.271 e. The van der Waals surface area contributed by atoms with Crippen molar-refractivity contribution in [1.29, 1.82) is 5.26 Å². The van der Waals surface area contributed by atoms with E-state index in [4.69, 9.17) is 5.26 Å². The molecule has 0 aromatic heterocycles. The lowest BCUT2D eigenvalue weighted by Crippen LogP contribution is -2.24. The van der Waals surface area contributed by atoms with E-state index >= 15 is 0 Å². The molecule has 0 bridgehead atoms. The molecular formula is C16H12N4O3. The Labute approximate surface area is 132 Å². The molecule has 0 radical (unpaired) electrons. The highest BCUT2D eigenvalue weighted by molar-refractivity contribution is 5.88. The number of rotatable bonds is 5. The predicted molar refractivity (Wildman–Crippen MR) is 83.6 cm³/mol. The Balaban J connectivity index is 2.05. The topological polar surface area (TPSA) is 108 Å². The van der Waals surface area contributed by atoms with Crippen LogP contribution < -0.4 is 5.43 Å². The Morgan fingerprint density at radius 3 is 2.65 bits per heavy atom. The van der Waals surface area contributed by atoms with Crippen molar-refractivity contribution in [3.05, 3.63) is 75.8 Å². The van der Waals surface area contributed by atoms with Crippen LogP contribution in [0.15, 0.2) is 59.7 Å². The van der Waals surface area contributed by atoms with Crippen LogP contribution in [-0.2, 0) is 4.79 Å². The molecule has 0 aliphatic carbocycles. The van der Waals surface area contributed by atoms with Crippen LogP contribution in [0.1, 0.15) is 17.0 Å². The van der Waals surface area contributed by atoms with E-state index in [1.54, 1.807) is 36.4 Å². The standard InChI is InChI=1S/C16H12N4O3/c17-10-15(13-6-2-1-3-7-13)16(21)19-18-11-12-5-4-8-14(9-12)20(22)23/h1-9,11,15H,(H,19,21)/b18-11-/t15-/m0/s1. The van der Waals surface area contributed by atoms with Crippen molar-refractivity contribution in [2.75, 3.05) is 0 Å². The van der Waals surface area contributed by atoms with Gasteiger partial charge in [-0.2, -0.15) is 10.4 Å². The summed E-state index contributed by atoms with van der Waals surface area (Å²) in [6, 6.07) is 16.3. The second kappa shape index (κ2) is 7.47. The number of benzene rings is 2. The Bertz CT molecular complexity index is 781. The maximum absolute atomic E-state index is 12.0. The molecule has 0 unspecified atom stereocenters. The number of carbonyl (C=O) groups excluding carboxylic acids is 1. The van der Waals surface area contributed by atoms with Gasteiger partial charge < -0.3 is 0 Å². The van der Waals surface area contributed by atoms with Crippen LogP contribution >= 0.6 is 0 Å². The van der Waals surface area contributed by atoms with Crippen LogP contribution in [0, 0.1) is 21.4 Å². The number of nitro benzene ring substituents is 1. The summed E-state index contributed by atoms with van der Waals surface area (Å²) >= 11 is 0. The fourth-order valence-corrected chi connectivity index (χ4v) is 1.88. The molecule has 2 aromatic rings. The third-order valence-corrected chi connectivity index (χ3v) is 2.99. The Morgan fingerprint density at radius 2 is 2.00 bits per heavy atom. The van der Waals surface area contributed by atoms with Gasteiger partial charge in [0.25, 0.3) is 11.6 Å². The molecule has 0 spiro atoms. The lowest BCUT2D eigenvalue weighted by atomic mass is 10.0. The van der Waals surface area contributed by atoms with Crippen molar-refractivity contribution in [3.8, 4) is 6.07 Å². The summed E-state index contributed by atoms with van der Waals surface area (Å²) in [5.74, 6) is -1.54. The molecular weight excluding hydrogens is 296 g/mol. The molecule has 114 valence electrons. The van der Waals surface area contributed by atoms with Gasteiger partial charge in [0.05, 0.1) is 17.2 Å². The van der Waals surface area contributed by atoms with Gasteiger partial charge in [-0.3, -0.25) is 14.9 Å². The largest absolute Gasteiger partial charge is 0.271 e. The highest BCUT2D eigenvalue weighted by atomic mass is 16.6. The van der Waals surface area contributed by atoms with Gasteiger partial charge in [0.15, 0.2) is 5.92 Å². The molecule has 2 rings (SSSR count). The molecule has 7 heteroatoms. The number of hydrazone groups is 1. The first-order valence-electron chi connectivity index (χ1n) is 6.64. The molecule has 0 fully saturated rings. The third-order valence-electron chi connectivity index (χ3n) is 2.99. The first kappa shape index (κ1) is 15.9. The Kier molecular flexibility index (Phi) is 5.15. The highest BCUT2D eigenvalue weighted by Crippen LogP contribution is 2.14. The van der Waals surface area contributed by atoms with Crippen molar-refractivity contribution in [2.45, 2.75) is 5.92 Å². The molecule has 7 nitrogen and oxygen atoms in total. The summed E-state index contributed by atoms with van der Waals surface area (Å²) in [7, 11) is 0. The van der Waals surface area contributed by atoms with Gasteiger partial charge in [-0.15, -0.1) is 0 Å². The van der Waals surface area contributed by atoms with Crippen LogP contribution in [0.25, 0.3) is 0 Å². The Hall–Kier alpha value is -3.53. The first-order chi connectivity index (χ1) is 11.1. The lowest BCUT2D eigenvalue weighted by Gasteiger charge is -2.06. The van der Waals surface area contributed by atoms with E-state index in [1.165, 1.54) is 24.4 Å². The van der Waals surface area contributed by atoms with Crippen molar-refractivity contribution in [1.82, 2.24) is 5.43 Å². The number of nitrogens with zero attached hydrogens (tertiary/aromatic N) is 3. The van der Waals surface area contributed by atoms with Crippen LogP contribution in [0.2, 0.25) is 0 Å². The molecule has 2 aromatic carbocycles. The second-order valence-corrected chi connectivity index (χ2v) is 4.56. The van der Waals surface area contributed by atoms with Crippen LogP contribution in [0.4, 0.5) is 5.69 Å². The predicted octanol–water partition coefficient (Wildman–Crippen LogP) is 2.35. The van der Waals surface area contributed by atoms with Crippen molar-refractivity contribution >= 4 is 17.8 Å². The minimum absolute atomic E-state index is 0.0699. The molecule has 0 saturated carbocycles. The van der Waals surface area contributed by atoms with E-state index in [-0.39, 0.29) is 5.69 Å². The van der Waals surface area contributed by atoms with E-state index in [2.05, 4.69) is 10.5 Å². The quantitative estimate of drug-likeness (QED) is 0.519. The van der Waals surface area contributed by atoms with Gasteiger partial charge in [-0.05, 0) is 5.56 Å². The number of nitriles is 1. The van der Waals surface area contributed by atoms with Gasteiger partial charge in [-0.25, -0.2) is 5.43 Å². The number of carbonyl (C=O) groups is 1. The highest BCUT2D eigenvalue weighted by Gasteiger charge is 2.19. The smallest absolute Gasteiger partial charge is 0.270 e. The van der Waals surface area contributed by atoms with E-state index in [9.17, 15) is 14.9 Å². The molecule has 0 heterocycles. The summed E-state index contributed by atoms with van der Waals surface area (Å²) in [5.41, 5.74) is 3.23. The number of hydrogen-bond donors (Lipinski definition) is 1. The molecule has 0 aliphatic heterocycles. The van der Waals surface area contributed by atoms with E-state index < -0.39 is 16.7 Å². The number of non-ortho nitro benzene ring substituents is 1. The van der Waals surface area contributed by atoms with E-state index in [1.807, 2.05) is 6.07 Å². The number of amides is 1. The summed E-state index contributed by atoms with van der Waals surface area (Å²) in [6.45, 7) is 0. The molecule has 0 aliphatic rings. The van der Waals surface area contributed by atoms with E-state index in [0.717, 1.165) is 0 Å². The third kappa shape index (κ3) is 4.22. The second-order valence-electron chi connectivity index (χ2n) is 4.56. The van der Waals surface area contributed by atoms with Gasteiger partial charge in [0, 0.05) is 17.7 Å². The zero-order chi connectivity index (χ0) is 16.7. The zero-order valence-corrected chi connectivity index (χ0v) is 11.9. The molecule has 23 heavy (non-hydrogen) atoms. The molecule has 1 amide bonds. The van der Waals surface area contributed by atoms with Gasteiger partial charge in [-0.1, -0.05) is 42.5 Å². The molecule has 1 N–H and O–H groups in total. The number of nitro groups is 1. The van der Waals surface area contributed by atoms with Crippen molar-refractivity contribution in [2.24, 2.45) is 5.10 Å². The monoisotopic (exact) mass is 308 g/mol. The Morgan fingerprint density at radius 1 is 1.26 bits per heavy atom. The minimum atomic E-state index is -0.974. The van der Waals surface area contributed by atoms with Gasteiger partial charge >= 0.3 is 0 Å². The average Bonchev–Trinajstić information content (AvgIpc) is 2.57. The molecule has 0 saturated heterocycles. The summed E-state index contributed by atoms with van der Waals surface area (Å²) in [4.78, 5) is 22.1. The lowest BCUT2D eigenvalue weighted by molar-refractivity contribution is -0.384. The summed E-state index contributed by atoms with van der Waals surface area (Å²) < 4.78 is 0. The number of hydrogen-bond acceptors (Lipinski definition) is 5. The summed E-state index contributed by atoms with van der Waals surface area (Å²) in [6.07, 6.45) is 1.28. The van der Waals surface area contributed by atoms with Crippen molar-refractivity contribution in [3.63, 3.8) is 0 Å². The van der Waals surface area contributed by atoms with Crippen molar-refractivity contribution < 1.29 is 9.72 Å². The van der Waals surface area contributed by atoms with Gasteiger partial charge in [0.1, 0.15) is 0 Å². The van der Waals surface area contributed by atoms with Gasteiger partial charge in [0.2, 0.25) is 0 Å². The zero-order valence-electron chi connectivity index (χ0n) is 11.9. The molecule has 1 atom stereocenters. The van der Waals surface area contributed by atoms with Crippen LogP contribution in [0.5, 0.6) is 0 Å². The van der Waals surface area contributed by atoms with Crippen LogP contribution in [0.3, 0.4) is 0 Å². The first-order valence-corrected chi connectivity index (χ1v) is 6.64. The SMILES string of the molecule is N#C[C@H](C(=O)N/N=C\c1cccc([N+](=O)[O-])c1)c1ccccc1. The van der Waals surface area contributed by atoms with E-state index in [0.29, 0.717) is 11.1 Å².